The third-order valence-electron chi connectivity index (χ3n) is 4.41. The zero-order chi connectivity index (χ0) is 17.9. The second-order valence-corrected chi connectivity index (χ2v) is 8.74. The lowest BCUT2D eigenvalue weighted by Gasteiger charge is -2.18. The summed E-state index contributed by atoms with van der Waals surface area (Å²) in [7, 11) is -3.36. The number of carbonyl (C=O) groups excluding carboxylic acids is 1. The van der Waals surface area contributed by atoms with Crippen molar-refractivity contribution in [1.82, 2.24) is 5.32 Å². The van der Waals surface area contributed by atoms with Crippen LogP contribution in [0.25, 0.3) is 0 Å². The van der Waals surface area contributed by atoms with E-state index in [1.165, 1.54) is 24.3 Å². The Kier molecular flexibility index (Phi) is 5.64. The Balaban J connectivity index is 2.14. The maximum absolute atomic E-state index is 12.5. The van der Waals surface area contributed by atoms with Gasteiger partial charge in [0.2, 0.25) is 0 Å². The fraction of sp³-hybridized carbons (Fsp3) is 0.529. The topological polar surface area (TPSA) is 101 Å². The normalized spacial score (nSPS) is 17.0. The molecule has 0 radical (unpaired) electrons. The molecule has 1 saturated carbocycles. The van der Waals surface area contributed by atoms with Gasteiger partial charge >= 0.3 is 5.97 Å². The number of aliphatic carboxylic acids is 1. The molecule has 1 fully saturated rings. The summed E-state index contributed by atoms with van der Waals surface area (Å²) in [5.74, 6) is -1.88. The smallest absolute Gasteiger partial charge is 0.326 e. The first-order valence-corrected chi connectivity index (χ1v) is 9.65. The Morgan fingerprint density at radius 3 is 2.12 bits per heavy atom. The summed E-state index contributed by atoms with van der Waals surface area (Å²) in [4.78, 5) is 23.5. The summed E-state index contributed by atoms with van der Waals surface area (Å²) in [5.41, 5.74) is 0.243. The van der Waals surface area contributed by atoms with Gasteiger partial charge in [-0.1, -0.05) is 26.7 Å². The first-order chi connectivity index (χ1) is 11.2. The molecule has 0 aliphatic heterocycles. The van der Waals surface area contributed by atoms with Crippen LogP contribution in [0.3, 0.4) is 0 Å². The Labute approximate surface area is 142 Å². The molecule has 1 aromatic carbocycles. The molecule has 1 aliphatic rings. The van der Waals surface area contributed by atoms with Crippen molar-refractivity contribution in [2.24, 2.45) is 5.92 Å². The Bertz CT molecular complexity index is 703. The molecule has 0 unspecified atom stereocenters. The molecule has 2 N–H and O–H groups in total. The van der Waals surface area contributed by atoms with Gasteiger partial charge in [0.05, 0.1) is 10.1 Å². The van der Waals surface area contributed by atoms with Crippen LogP contribution in [-0.2, 0) is 14.6 Å². The van der Waals surface area contributed by atoms with Gasteiger partial charge in [0.1, 0.15) is 6.04 Å². The minimum absolute atomic E-state index is 0.213. The SMILES string of the molecule is CC(C)[C@H](NC(=O)c1ccc(S(=O)(=O)C2CCCC2)cc1)C(=O)O. The number of amides is 1. The highest BCUT2D eigenvalue weighted by atomic mass is 32.2. The van der Waals surface area contributed by atoms with Gasteiger partial charge in [-0.2, -0.15) is 0 Å². The monoisotopic (exact) mass is 353 g/mol. The minimum Gasteiger partial charge on any atom is -0.480 e. The molecule has 0 saturated heterocycles. The Morgan fingerprint density at radius 2 is 1.67 bits per heavy atom. The number of carboxylic acids is 1. The van der Waals surface area contributed by atoms with Crippen LogP contribution in [-0.4, -0.2) is 36.7 Å². The quantitative estimate of drug-likeness (QED) is 0.817. The van der Waals surface area contributed by atoms with E-state index >= 15 is 0 Å². The van der Waals surface area contributed by atoms with E-state index in [4.69, 9.17) is 5.11 Å². The molecular formula is C17H23NO5S. The van der Waals surface area contributed by atoms with Gasteiger partial charge in [-0.05, 0) is 43.0 Å². The van der Waals surface area contributed by atoms with E-state index in [1.807, 2.05) is 0 Å². The molecule has 1 atom stereocenters. The van der Waals surface area contributed by atoms with Crippen molar-refractivity contribution >= 4 is 21.7 Å². The van der Waals surface area contributed by atoms with Crippen molar-refractivity contribution in [3.05, 3.63) is 29.8 Å². The largest absolute Gasteiger partial charge is 0.480 e. The number of carbonyl (C=O) groups is 2. The lowest BCUT2D eigenvalue weighted by molar-refractivity contribution is -0.140. The van der Waals surface area contributed by atoms with Crippen LogP contribution in [0.15, 0.2) is 29.2 Å². The first kappa shape index (κ1) is 18.4. The van der Waals surface area contributed by atoms with Crippen molar-refractivity contribution in [1.29, 1.82) is 0 Å². The summed E-state index contributed by atoms with van der Waals surface area (Å²) in [6, 6.07) is 4.72. The van der Waals surface area contributed by atoms with Crippen LogP contribution in [0.5, 0.6) is 0 Å². The number of benzene rings is 1. The van der Waals surface area contributed by atoms with E-state index < -0.39 is 27.8 Å². The summed E-state index contributed by atoms with van der Waals surface area (Å²) >= 11 is 0. The molecule has 7 heteroatoms. The van der Waals surface area contributed by atoms with Gasteiger partial charge in [0.15, 0.2) is 9.84 Å². The van der Waals surface area contributed by atoms with Crippen molar-refractivity contribution in [3.8, 4) is 0 Å². The minimum atomic E-state index is -3.36. The lowest BCUT2D eigenvalue weighted by atomic mass is 10.0. The molecule has 1 aliphatic carbocycles. The highest BCUT2D eigenvalue weighted by Gasteiger charge is 2.30. The summed E-state index contributed by atoms with van der Waals surface area (Å²) in [6.07, 6.45) is 3.21. The number of hydrogen-bond donors (Lipinski definition) is 2. The maximum atomic E-state index is 12.5. The summed E-state index contributed by atoms with van der Waals surface area (Å²) in [5, 5.41) is 11.2. The van der Waals surface area contributed by atoms with Crippen molar-refractivity contribution in [2.45, 2.75) is 55.7 Å². The Hall–Kier alpha value is -1.89. The standard InChI is InChI=1S/C17H23NO5S/c1-11(2)15(17(20)21)18-16(19)12-7-9-14(10-8-12)24(22,23)13-5-3-4-6-13/h7-11,13,15H,3-6H2,1-2H3,(H,18,19)(H,20,21)/t15-/m0/s1. The molecule has 2 rings (SSSR count). The summed E-state index contributed by atoms with van der Waals surface area (Å²) < 4.78 is 25.0. The van der Waals surface area contributed by atoms with E-state index in [9.17, 15) is 18.0 Å². The molecule has 132 valence electrons. The van der Waals surface area contributed by atoms with E-state index in [1.54, 1.807) is 13.8 Å². The lowest BCUT2D eigenvalue weighted by Crippen LogP contribution is -2.44. The van der Waals surface area contributed by atoms with Gasteiger partial charge in [-0.3, -0.25) is 4.79 Å². The van der Waals surface area contributed by atoms with Gasteiger partial charge < -0.3 is 10.4 Å². The third-order valence-corrected chi connectivity index (χ3v) is 6.68. The molecule has 6 nitrogen and oxygen atoms in total. The second-order valence-electron chi connectivity index (χ2n) is 6.51. The van der Waals surface area contributed by atoms with Crippen LogP contribution >= 0.6 is 0 Å². The Morgan fingerprint density at radius 1 is 1.12 bits per heavy atom. The molecule has 24 heavy (non-hydrogen) atoms. The van der Waals surface area contributed by atoms with Gasteiger partial charge in [-0.25, -0.2) is 13.2 Å². The van der Waals surface area contributed by atoms with E-state index in [0.29, 0.717) is 12.8 Å². The fourth-order valence-electron chi connectivity index (χ4n) is 2.93. The third kappa shape index (κ3) is 3.95. The summed E-state index contributed by atoms with van der Waals surface area (Å²) in [6.45, 7) is 3.41. The van der Waals surface area contributed by atoms with Crippen LogP contribution in [0, 0.1) is 5.92 Å². The van der Waals surface area contributed by atoms with E-state index in [0.717, 1.165) is 12.8 Å². The highest BCUT2D eigenvalue weighted by molar-refractivity contribution is 7.92. The van der Waals surface area contributed by atoms with Crippen LogP contribution in [0.2, 0.25) is 0 Å². The molecule has 0 heterocycles. The van der Waals surface area contributed by atoms with Gasteiger partial charge in [0, 0.05) is 5.56 Å². The number of rotatable bonds is 6. The molecule has 1 aromatic rings. The average molecular weight is 353 g/mol. The van der Waals surface area contributed by atoms with Crippen LogP contribution in [0.1, 0.15) is 49.9 Å². The average Bonchev–Trinajstić information content (AvgIpc) is 3.07. The van der Waals surface area contributed by atoms with E-state index in [2.05, 4.69) is 5.32 Å². The zero-order valence-corrected chi connectivity index (χ0v) is 14.7. The second kappa shape index (κ2) is 7.34. The van der Waals surface area contributed by atoms with Crippen molar-refractivity contribution in [2.75, 3.05) is 0 Å². The predicted octanol–water partition coefficient (Wildman–Crippen LogP) is 2.24. The number of carboxylic acid groups (broad SMARTS) is 1. The molecular weight excluding hydrogens is 330 g/mol. The van der Waals surface area contributed by atoms with Gasteiger partial charge in [0.25, 0.3) is 5.91 Å². The van der Waals surface area contributed by atoms with Crippen LogP contribution in [0.4, 0.5) is 0 Å². The molecule has 1 amide bonds. The number of hydrogen-bond acceptors (Lipinski definition) is 4. The molecule has 0 aromatic heterocycles. The number of sulfone groups is 1. The van der Waals surface area contributed by atoms with Crippen LogP contribution < -0.4 is 5.32 Å². The maximum Gasteiger partial charge on any atom is 0.326 e. The molecule has 0 bridgehead atoms. The van der Waals surface area contributed by atoms with Gasteiger partial charge in [-0.15, -0.1) is 0 Å². The highest BCUT2D eigenvalue weighted by Crippen LogP contribution is 2.29. The molecule has 0 spiro atoms. The zero-order valence-electron chi connectivity index (χ0n) is 13.9. The fourth-order valence-corrected chi connectivity index (χ4v) is 4.78. The first-order valence-electron chi connectivity index (χ1n) is 8.11. The predicted molar refractivity (Wildman–Crippen MR) is 89.6 cm³/mol. The van der Waals surface area contributed by atoms with Crippen molar-refractivity contribution in [3.63, 3.8) is 0 Å². The van der Waals surface area contributed by atoms with Crippen molar-refractivity contribution < 1.29 is 23.1 Å². The van der Waals surface area contributed by atoms with E-state index in [-0.39, 0.29) is 21.6 Å². The number of nitrogens with one attached hydrogen (secondary N) is 1.